The van der Waals surface area contributed by atoms with Gasteiger partial charge in [-0.05, 0) is 25.3 Å². The normalized spacial score (nSPS) is 17.6. The fourth-order valence-corrected chi connectivity index (χ4v) is 3.75. The highest BCUT2D eigenvalue weighted by Crippen LogP contribution is 2.30. The van der Waals surface area contributed by atoms with Gasteiger partial charge in [-0.15, -0.1) is 10.2 Å². The predicted octanol–water partition coefficient (Wildman–Crippen LogP) is 2.58. The SMILES string of the molecule is O=C(c1ccc(OCC(F)(F)F)nc1)N1CCC(c2nnc3n2CCC3)CC1. The van der Waals surface area contributed by atoms with Gasteiger partial charge >= 0.3 is 6.18 Å². The summed E-state index contributed by atoms with van der Waals surface area (Å²) in [5, 5.41) is 8.59. The third-order valence-electron chi connectivity index (χ3n) is 5.15. The summed E-state index contributed by atoms with van der Waals surface area (Å²) in [6.45, 7) is 0.744. The van der Waals surface area contributed by atoms with E-state index in [-0.39, 0.29) is 11.8 Å². The molecule has 0 bridgehead atoms. The van der Waals surface area contributed by atoms with E-state index in [4.69, 9.17) is 0 Å². The molecule has 0 spiro atoms. The van der Waals surface area contributed by atoms with E-state index in [1.54, 1.807) is 4.90 Å². The highest BCUT2D eigenvalue weighted by atomic mass is 19.4. The molecule has 0 atom stereocenters. The Morgan fingerprint density at radius 3 is 2.64 bits per heavy atom. The summed E-state index contributed by atoms with van der Waals surface area (Å²) in [7, 11) is 0. The average Bonchev–Trinajstić information content (AvgIpc) is 3.30. The number of fused-ring (bicyclic) bond motifs is 1. The van der Waals surface area contributed by atoms with Crippen LogP contribution < -0.4 is 4.74 Å². The van der Waals surface area contributed by atoms with Crippen molar-refractivity contribution in [2.24, 2.45) is 0 Å². The molecule has 0 aromatic carbocycles. The summed E-state index contributed by atoms with van der Waals surface area (Å²) in [5.74, 6) is 2.02. The van der Waals surface area contributed by atoms with E-state index in [1.165, 1.54) is 18.3 Å². The number of hydrogen-bond acceptors (Lipinski definition) is 5. The molecular weight excluding hydrogens is 375 g/mol. The number of alkyl halides is 3. The molecule has 0 aliphatic carbocycles. The lowest BCUT2D eigenvalue weighted by Gasteiger charge is -2.31. The second-order valence-electron chi connectivity index (χ2n) is 7.09. The first-order valence-corrected chi connectivity index (χ1v) is 9.27. The first-order valence-electron chi connectivity index (χ1n) is 9.27. The topological polar surface area (TPSA) is 73.1 Å². The molecule has 2 aliphatic rings. The van der Waals surface area contributed by atoms with Crippen LogP contribution in [0, 0.1) is 0 Å². The second-order valence-corrected chi connectivity index (χ2v) is 7.09. The molecule has 150 valence electrons. The molecule has 2 aliphatic heterocycles. The minimum atomic E-state index is -4.43. The van der Waals surface area contributed by atoms with Crippen molar-refractivity contribution in [1.29, 1.82) is 0 Å². The van der Waals surface area contributed by atoms with Crippen LogP contribution in [0.3, 0.4) is 0 Å². The molecule has 0 saturated carbocycles. The molecule has 2 aromatic heterocycles. The summed E-state index contributed by atoms with van der Waals surface area (Å²) in [6.07, 6.45) is 0.523. The van der Waals surface area contributed by atoms with Gasteiger partial charge in [0.25, 0.3) is 5.91 Å². The van der Waals surface area contributed by atoms with Crippen LogP contribution in [0.5, 0.6) is 5.88 Å². The zero-order valence-electron chi connectivity index (χ0n) is 15.2. The monoisotopic (exact) mass is 395 g/mol. The number of halogens is 3. The highest BCUT2D eigenvalue weighted by molar-refractivity contribution is 5.94. The molecule has 2 aromatic rings. The number of aryl methyl sites for hydroxylation is 1. The van der Waals surface area contributed by atoms with Crippen LogP contribution in [0.4, 0.5) is 13.2 Å². The maximum atomic E-state index is 12.6. The Kier molecular flexibility index (Phi) is 4.94. The number of pyridine rings is 1. The van der Waals surface area contributed by atoms with Gasteiger partial charge in [0.05, 0.1) is 5.56 Å². The van der Waals surface area contributed by atoms with Crippen molar-refractivity contribution in [2.45, 2.75) is 44.3 Å². The maximum absolute atomic E-state index is 12.6. The second kappa shape index (κ2) is 7.40. The van der Waals surface area contributed by atoms with Crippen LogP contribution in [-0.2, 0) is 13.0 Å². The molecule has 0 radical (unpaired) electrons. The van der Waals surface area contributed by atoms with Gasteiger partial charge in [-0.2, -0.15) is 13.2 Å². The largest absolute Gasteiger partial charge is 0.468 e. The lowest BCUT2D eigenvalue weighted by atomic mass is 9.95. The molecule has 1 amide bonds. The first kappa shape index (κ1) is 18.7. The van der Waals surface area contributed by atoms with Crippen molar-refractivity contribution in [3.8, 4) is 5.88 Å². The fourth-order valence-electron chi connectivity index (χ4n) is 3.75. The number of carbonyl (C=O) groups excluding carboxylic acids is 1. The molecular formula is C18H20F3N5O2. The van der Waals surface area contributed by atoms with Crippen molar-refractivity contribution in [3.05, 3.63) is 35.5 Å². The van der Waals surface area contributed by atoms with E-state index in [1.807, 2.05) is 0 Å². The number of likely N-dealkylation sites (tertiary alicyclic amines) is 1. The van der Waals surface area contributed by atoms with Gasteiger partial charge in [-0.25, -0.2) is 4.98 Å². The minimum absolute atomic E-state index is 0.159. The van der Waals surface area contributed by atoms with Crippen molar-refractivity contribution in [2.75, 3.05) is 19.7 Å². The number of ether oxygens (including phenoxy) is 1. The highest BCUT2D eigenvalue weighted by Gasteiger charge is 2.30. The number of piperidine rings is 1. The van der Waals surface area contributed by atoms with E-state index < -0.39 is 12.8 Å². The molecule has 4 rings (SSSR count). The summed E-state index contributed by atoms with van der Waals surface area (Å²) in [6, 6.07) is 2.73. The Morgan fingerprint density at radius 2 is 1.96 bits per heavy atom. The smallest absolute Gasteiger partial charge is 0.422 e. The summed E-state index contributed by atoms with van der Waals surface area (Å²) >= 11 is 0. The van der Waals surface area contributed by atoms with Gasteiger partial charge in [0, 0.05) is 44.2 Å². The van der Waals surface area contributed by atoms with E-state index in [9.17, 15) is 18.0 Å². The molecule has 10 heteroatoms. The standard InChI is InChI=1S/C18H20F3N5O2/c19-18(20,21)11-28-15-4-3-13(10-22-15)17(27)25-8-5-12(6-9-25)16-24-23-14-2-1-7-26(14)16/h3-4,10,12H,1-2,5-9,11H2. The van der Waals surface area contributed by atoms with Crippen molar-refractivity contribution in [3.63, 3.8) is 0 Å². The van der Waals surface area contributed by atoms with Crippen molar-refractivity contribution in [1.82, 2.24) is 24.6 Å². The summed E-state index contributed by atoms with van der Waals surface area (Å²) in [5.41, 5.74) is 0.334. The number of rotatable bonds is 4. The third-order valence-corrected chi connectivity index (χ3v) is 5.15. The fraction of sp³-hybridized carbons (Fsp3) is 0.556. The van der Waals surface area contributed by atoms with E-state index >= 15 is 0 Å². The number of nitrogens with zero attached hydrogens (tertiary/aromatic N) is 5. The Balaban J connectivity index is 1.33. The van der Waals surface area contributed by atoms with E-state index in [2.05, 4.69) is 24.5 Å². The third kappa shape index (κ3) is 3.95. The van der Waals surface area contributed by atoms with E-state index in [0.717, 1.165) is 43.9 Å². The maximum Gasteiger partial charge on any atom is 0.422 e. The lowest BCUT2D eigenvalue weighted by molar-refractivity contribution is -0.154. The quantitative estimate of drug-likeness (QED) is 0.796. The van der Waals surface area contributed by atoms with Gasteiger partial charge in [0.2, 0.25) is 5.88 Å². The summed E-state index contributed by atoms with van der Waals surface area (Å²) < 4.78 is 43.3. The van der Waals surface area contributed by atoms with Gasteiger partial charge < -0.3 is 14.2 Å². The Hall–Kier alpha value is -2.65. The molecule has 1 saturated heterocycles. The summed E-state index contributed by atoms with van der Waals surface area (Å²) in [4.78, 5) is 18.2. The minimum Gasteiger partial charge on any atom is -0.468 e. The molecule has 0 unspecified atom stereocenters. The molecule has 4 heterocycles. The first-order chi connectivity index (χ1) is 13.4. The van der Waals surface area contributed by atoms with Gasteiger partial charge in [0.15, 0.2) is 6.61 Å². The molecule has 7 nitrogen and oxygen atoms in total. The zero-order valence-corrected chi connectivity index (χ0v) is 15.2. The van der Waals surface area contributed by atoms with E-state index in [0.29, 0.717) is 24.6 Å². The van der Waals surface area contributed by atoms with Crippen LogP contribution >= 0.6 is 0 Å². The number of amides is 1. The Morgan fingerprint density at radius 1 is 1.18 bits per heavy atom. The van der Waals surface area contributed by atoms with Crippen LogP contribution in [0.2, 0.25) is 0 Å². The lowest BCUT2D eigenvalue weighted by Crippen LogP contribution is -2.38. The molecule has 1 fully saturated rings. The van der Waals surface area contributed by atoms with Crippen LogP contribution in [0.1, 0.15) is 47.2 Å². The number of hydrogen-bond donors (Lipinski definition) is 0. The van der Waals surface area contributed by atoms with Crippen molar-refractivity contribution < 1.29 is 22.7 Å². The van der Waals surface area contributed by atoms with Crippen molar-refractivity contribution >= 4 is 5.91 Å². The van der Waals surface area contributed by atoms with Crippen LogP contribution in [0.15, 0.2) is 18.3 Å². The number of carbonyl (C=O) groups is 1. The average molecular weight is 395 g/mol. The van der Waals surface area contributed by atoms with Gasteiger partial charge in [-0.3, -0.25) is 4.79 Å². The van der Waals surface area contributed by atoms with Crippen LogP contribution in [0.25, 0.3) is 0 Å². The Bertz CT molecular complexity index is 842. The zero-order chi connectivity index (χ0) is 19.7. The van der Waals surface area contributed by atoms with Crippen LogP contribution in [-0.4, -0.2) is 56.4 Å². The number of aromatic nitrogens is 4. The van der Waals surface area contributed by atoms with Gasteiger partial charge in [0.1, 0.15) is 11.6 Å². The Labute approximate surface area is 159 Å². The molecule has 0 N–H and O–H groups in total. The predicted molar refractivity (Wildman–Crippen MR) is 92.0 cm³/mol. The van der Waals surface area contributed by atoms with Gasteiger partial charge in [-0.1, -0.05) is 0 Å². The molecule has 28 heavy (non-hydrogen) atoms.